The number of hydrogen-bond donors (Lipinski definition) is 6. The van der Waals surface area contributed by atoms with E-state index in [4.69, 9.17) is 9.47 Å². The molecular weight excluding hydrogens is 959 g/mol. The molecule has 77 heavy (non-hydrogen) atoms. The Hall–Kier alpha value is -3.41. The van der Waals surface area contributed by atoms with Gasteiger partial charge in [0.1, 0.15) is 24.4 Å². The average Bonchev–Trinajstić information content (AvgIpc) is 3.43. The first-order valence-corrected chi connectivity index (χ1v) is 31.3. The summed E-state index contributed by atoms with van der Waals surface area (Å²) in [6.07, 6.45) is 77.1. The lowest BCUT2D eigenvalue weighted by Crippen LogP contribution is -2.60. The topological polar surface area (TPSA) is 149 Å². The number of nitrogens with one attached hydrogen (secondary N) is 1. The van der Waals surface area contributed by atoms with Gasteiger partial charge in [-0.3, -0.25) is 4.79 Å². The zero-order chi connectivity index (χ0) is 55.8. The minimum absolute atomic E-state index is 0.191. The van der Waals surface area contributed by atoms with Crippen molar-refractivity contribution in [2.45, 2.75) is 288 Å². The van der Waals surface area contributed by atoms with Gasteiger partial charge in [-0.05, 0) is 96.3 Å². The van der Waals surface area contributed by atoms with Crippen molar-refractivity contribution in [2.75, 3.05) is 13.2 Å². The van der Waals surface area contributed by atoms with Crippen molar-refractivity contribution in [3.05, 3.63) is 122 Å². The summed E-state index contributed by atoms with van der Waals surface area (Å²) in [5.74, 6) is -0.191. The minimum atomic E-state index is -1.58. The van der Waals surface area contributed by atoms with Gasteiger partial charge in [0.25, 0.3) is 0 Å². The quantitative estimate of drug-likeness (QED) is 0.0261. The van der Waals surface area contributed by atoms with Crippen molar-refractivity contribution in [1.82, 2.24) is 5.32 Å². The molecule has 9 nitrogen and oxygen atoms in total. The van der Waals surface area contributed by atoms with E-state index in [2.05, 4.69) is 129 Å². The van der Waals surface area contributed by atoms with E-state index in [-0.39, 0.29) is 12.5 Å². The number of unbranched alkanes of at least 4 members (excludes halogenated alkanes) is 24. The van der Waals surface area contributed by atoms with Gasteiger partial charge in [-0.15, -0.1) is 0 Å². The van der Waals surface area contributed by atoms with Gasteiger partial charge in [0.15, 0.2) is 6.29 Å². The van der Waals surface area contributed by atoms with Crippen LogP contribution >= 0.6 is 0 Å². The van der Waals surface area contributed by atoms with Gasteiger partial charge in [0.2, 0.25) is 5.91 Å². The zero-order valence-corrected chi connectivity index (χ0v) is 48.9. The third-order valence-corrected chi connectivity index (χ3v) is 14.0. The van der Waals surface area contributed by atoms with Gasteiger partial charge in [0.05, 0.1) is 25.4 Å². The number of rotatable bonds is 52. The lowest BCUT2D eigenvalue weighted by atomic mass is 9.99. The summed E-state index contributed by atoms with van der Waals surface area (Å²) < 4.78 is 11.3. The molecule has 0 saturated carbocycles. The fraction of sp³-hybridized carbons (Fsp3) is 0.691. The van der Waals surface area contributed by atoms with Crippen LogP contribution in [0.1, 0.15) is 245 Å². The van der Waals surface area contributed by atoms with Crippen LogP contribution in [0.2, 0.25) is 0 Å². The van der Waals surface area contributed by atoms with E-state index >= 15 is 0 Å². The van der Waals surface area contributed by atoms with E-state index in [1.54, 1.807) is 6.08 Å². The molecule has 0 aromatic carbocycles. The van der Waals surface area contributed by atoms with Gasteiger partial charge in [-0.2, -0.15) is 0 Å². The molecule has 0 bridgehead atoms. The standard InChI is InChI=1S/C68H115NO8/c1-3-5-7-9-11-13-15-17-19-20-21-22-23-24-25-26-27-28-29-30-31-32-33-34-35-36-37-38-39-40-41-42-44-46-48-50-52-54-56-58-64(72)69-61(60-76-68-67(75)66(74)65(73)63(59-70)77-68)62(71)57-55-53-51-49-47-45-43-18-16-14-12-10-8-6-4-2/h5,7,11,13,17,19,21-22,24-25,27-28,30-31,33-34,47,49,55,57,61-63,65-68,70-71,73-75H,3-4,6,8-10,12,14-16,18,20,23,26,29,32,35-46,48,50-54,56,58-60H2,1-2H3,(H,69,72)/b7-5-,13-11-,19-17-,22-21-,25-24-,28-27-,31-30-,34-33-,49-47+,57-55+. The first-order chi connectivity index (χ1) is 37.8. The Kier molecular flexibility index (Phi) is 52.0. The number of carbonyl (C=O) groups is 1. The molecule has 6 N–H and O–H groups in total. The molecule has 1 rings (SSSR count). The molecule has 0 spiro atoms. The third kappa shape index (κ3) is 45.1. The fourth-order valence-electron chi connectivity index (χ4n) is 9.13. The Morgan fingerprint density at radius 3 is 1.25 bits per heavy atom. The summed E-state index contributed by atoms with van der Waals surface area (Å²) in [5, 5.41) is 54.5. The smallest absolute Gasteiger partial charge is 0.220 e. The third-order valence-electron chi connectivity index (χ3n) is 14.0. The van der Waals surface area contributed by atoms with Crippen molar-refractivity contribution < 1.29 is 39.8 Å². The van der Waals surface area contributed by atoms with E-state index in [0.717, 1.165) is 89.9 Å². The molecule has 1 aliphatic heterocycles. The number of hydrogen-bond acceptors (Lipinski definition) is 8. The monoisotopic (exact) mass is 1070 g/mol. The van der Waals surface area contributed by atoms with Crippen molar-refractivity contribution in [2.24, 2.45) is 0 Å². The molecule has 1 aliphatic rings. The molecule has 0 aromatic heterocycles. The highest BCUT2D eigenvalue weighted by Gasteiger charge is 2.44. The average molecular weight is 1070 g/mol. The number of aliphatic hydroxyl groups is 5. The number of aliphatic hydroxyl groups excluding tert-OH is 5. The minimum Gasteiger partial charge on any atom is -0.394 e. The van der Waals surface area contributed by atoms with Crippen molar-refractivity contribution in [3.63, 3.8) is 0 Å². The second-order valence-corrected chi connectivity index (χ2v) is 21.1. The maximum Gasteiger partial charge on any atom is 0.220 e. The molecular formula is C68H115NO8. The molecule has 0 aliphatic carbocycles. The molecule has 7 unspecified atom stereocenters. The van der Waals surface area contributed by atoms with E-state index < -0.39 is 49.5 Å². The van der Waals surface area contributed by atoms with Crippen LogP contribution < -0.4 is 5.32 Å². The van der Waals surface area contributed by atoms with E-state index in [1.807, 2.05) is 6.08 Å². The Labute approximate surface area is 471 Å². The molecule has 9 heteroatoms. The van der Waals surface area contributed by atoms with Crippen LogP contribution in [0.25, 0.3) is 0 Å². The van der Waals surface area contributed by atoms with Crippen LogP contribution in [0.4, 0.5) is 0 Å². The Balaban J connectivity index is 2.13. The number of allylic oxidation sites excluding steroid dienone is 19. The summed E-state index contributed by atoms with van der Waals surface area (Å²) in [7, 11) is 0. The van der Waals surface area contributed by atoms with Crippen molar-refractivity contribution in [3.8, 4) is 0 Å². The molecule has 440 valence electrons. The lowest BCUT2D eigenvalue weighted by molar-refractivity contribution is -0.302. The highest BCUT2D eigenvalue weighted by atomic mass is 16.7. The predicted molar refractivity (Wildman–Crippen MR) is 327 cm³/mol. The highest BCUT2D eigenvalue weighted by Crippen LogP contribution is 2.23. The summed E-state index contributed by atoms with van der Waals surface area (Å²) in [4.78, 5) is 13.1. The van der Waals surface area contributed by atoms with Gasteiger partial charge < -0.3 is 40.3 Å². The maximum atomic E-state index is 13.1. The van der Waals surface area contributed by atoms with E-state index in [1.165, 1.54) is 135 Å². The molecule has 1 fully saturated rings. The summed E-state index contributed by atoms with van der Waals surface area (Å²) >= 11 is 0. The summed E-state index contributed by atoms with van der Waals surface area (Å²) in [5.41, 5.74) is 0. The molecule has 0 aromatic rings. The number of ether oxygens (including phenoxy) is 2. The molecule has 7 atom stereocenters. The SMILES string of the molecule is CC/C=C\C/C=C\C/C=C\C/C=C\C/C=C\C/C=C\C/C=C\C/C=C\CCCCCCCCCCCCCCCCC(=O)NC(COC1OC(CO)C(O)C(O)C1O)C(O)/C=C/CC/C=C/CCCCCCCCCCC. The van der Waals surface area contributed by atoms with Crippen LogP contribution in [-0.4, -0.2) is 87.5 Å². The van der Waals surface area contributed by atoms with Crippen molar-refractivity contribution in [1.29, 1.82) is 0 Å². The Bertz CT molecular complexity index is 1620. The molecule has 1 heterocycles. The van der Waals surface area contributed by atoms with Crippen LogP contribution in [-0.2, 0) is 14.3 Å². The fourth-order valence-corrected chi connectivity index (χ4v) is 9.13. The largest absolute Gasteiger partial charge is 0.394 e. The second kappa shape index (κ2) is 55.9. The van der Waals surface area contributed by atoms with Gasteiger partial charge in [-0.25, -0.2) is 0 Å². The van der Waals surface area contributed by atoms with E-state index in [9.17, 15) is 30.3 Å². The predicted octanol–water partition coefficient (Wildman–Crippen LogP) is 16.3. The number of carbonyl (C=O) groups excluding carboxylic acids is 1. The first kappa shape index (κ1) is 71.6. The second-order valence-electron chi connectivity index (χ2n) is 21.1. The van der Waals surface area contributed by atoms with Gasteiger partial charge in [0, 0.05) is 6.42 Å². The van der Waals surface area contributed by atoms with E-state index in [0.29, 0.717) is 6.42 Å². The molecule has 0 radical (unpaired) electrons. The highest BCUT2D eigenvalue weighted by molar-refractivity contribution is 5.76. The molecule has 1 saturated heterocycles. The zero-order valence-electron chi connectivity index (χ0n) is 48.9. The lowest BCUT2D eigenvalue weighted by Gasteiger charge is -2.40. The van der Waals surface area contributed by atoms with Crippen LogP contribution in [0.15, 0.2) is 122 Å². The summed E-state index contributed by atoms with van der Waals surface area (Å²) in [6, 6.07) is -0.828. The van der Waals surface area contributed by atoms with Crippen molar-refractivity contribution >= 4 is 5.91 Å². The number of amides is 1. The van der Waals surface area contributed by atoms with Crippen LogP contribution in [0.5, 0.6) is 0 Å². The first-order valence-electron chi connectivity index (χ1n) is 31.3. The van der Waals surface area contributed by atoms with Crippen LogP contribution in [0.3, 0.4) is 0 Å². The maximum absolute atomic E-state index is 13.1. The van der Waals surface area contributed by atoms with Gasteiger partial charge in [-0.1, -0.05) is 264 Å². The normalized spacial score (nSPS) is 19.6. The Morgan fingerprint density at radius 2 is 0.818 bits per heavy atom. The summed E-state index contributed by atoms with van der Waals surface area (Å²) in [6.45, 7) is 3.64. The van der Waals surface area contributed by atoms with Gasteiger partial charge >= 0.3 is 0 Å². The Morgan fingerprint density at radius 1 is 0.455 bits per heavy atom. The van der Waals surface area contributed by atoms with Crippen LogP contribution in [0, 0.1) is 0 Å². The molecule has 1 amide bonds.